The Balaban J connectivity index is 1.61. The van der Waals surface area contributed by atoms with Crippen LogP contribution >= 0.6 is 11.3 Å². The number of nitrogens with zero attached hydrogens (tertiary/aromatic N) is 1. The Hall–Kier alpha value is -2.82. The third-order valence-corrected chi connectivity index (χ3v) is 5.24. The van der Waals surface area contributed by atoms with Gasteiger partial charge in [0, 0.05) is 5.56 Å². The van der Waals surface area contributed by atoms with Gasteiger partial charge in [-0.1, -0.05) is 29.5 Å². The summed E-state index contributed by atoms with van der Waals surface area (Å²) < 4.78 is 23.6. The summed E-state index contributed by atoms with van der Waals surface area (Å²) in [5.41, 5.74) is 0.862. The van der Waals surface area contributed by atoms with Crippen LogP contribution in [0.2, 0.25) is 0 Å². The average Bonchev–Trinajstić information content (AvgIpc) is 3.01. The van der Waals surface area contributed by atoms with Gasteiger partial charge in [-0.2, -0.15) is 0 Å². The number of rotatable bonds is 5. The van der Waals surface area contributed by atoms with Gasteiger partial charge in [0.15, 0.2) is 5.13 Å². The predicted molar refractivity (Wildman–Crippen MR) is 98.4 cm³/mol. The van der Waals surface area contributed by atoms with E-state index in [0.29, 0.717) is 5.13 Å². The molecule has 0 aliphatic heterocycles. The van der Waals surface area contributed by atoms with E-state index in [1.807, 2.05) is 24.3 Å². The third kappa shape index (κ3) is 4.23. The summed E-state index contributed by atoms with van der Waals surface area (Å²) in [5.74, 6) is -1.03. The van der Waals surface area contributed by atoms with Gasteiger partial charge in [0.25, 0.3) is 5.91 Å². The lowest BCUT2D eigenvalue weighted by molar-refractivity contribution is -0.115. The number of fused-ring (bicyclic) bond motifs is 1. The zero-order valence-corrected chi connectivity index (χ0v) is 14.9. The first-order valence-electron chi connectivity index (χ1n) is 7.39. The maximum atomic E-state index is 12.1. The lowest BCUT2D eigenvalue weighted by atomic mass is 10.2. The van der Waals surface area contributed by atoms with Gasteiger partial charge in [0.05, 0.1) is 21.7 Å². The Kier molecular flexibility index (Phi) is 4.98. The first-order chi connectivity index (χ1) is 12.3. The molecule has 0 fully saturated rings. The molecule has 3 rings (SSSR count). The van der Waals surface area contributed by atoms with Gasteiger partial charge in [-0.3, -0.25) is 9.59 Å². The molecular formula is C16H14N4O4S2. The number of carbonyl (C=O) groups is 2. The molecule has 0 saturated heterocycles. The molecule has 1 aromatic heterocycles. The van der Waals surface area contributed by atoms with Gasteiger partial charge < -0.3 is 10.6 Å². The molecule has 0 saturated carbocycles. The molecule has 26 heavy (non-hydrogen) atoms. The number of nitrogens with one attached hydrogen (secondary N) is 2. The van der Waals surface area contributed by atoms with Crippen molar-refractivity contribution in [1.29, 1.82) is 0 Å². The summed E-state index contributed by atoms with van der Waals surface area (Å²) in [6, 6.07) is 12.7. The molecule has 10 heteroatoms. The second-order valence-electron chi connectivity index (χ2n) is 5.29. The van der Waals surface area contributed by atoms with Crippen LogP contribution in [0.1, 0.15) is 10.4 Å². The van der Waals surface area contributed by atoms with Crippen molar-refractivity contribution in [2.75, 3.05) is 11.9 Å². The Labute approximate surface area is 153 Å². The molecular weight excluding hydrogens is 376 g/mol. The van der Waals surface area contributed by atoms with Crippen molar-refractivity contribution >= 4 is 48.5 Å². The van der Waals surface area contributed by atoms with Crippen molar-refractivity contribution in [3.05, 3.63) is 54.1 Å². The molecule has 2 aromatic carbocycles. The Bertz CT molecular complexity index is 1060. The monoisotopic (exact) mass is 390 g/mol. The zero-order valence-electron chi connectivity index (χ0n) is 13.3. The standard InChI is InChI=1S/C16H14N4O4S2/c17-26(23,24)11-5-3-4-10(8-11)15(22)18-9-14(21)20-16-19-12-6-1-2-7-13(12)25-16/h1-8H,9H2,(H,18,22)(H2,17,23,24)(H,19,20,21). The topological polar surface area (TPSA) is 131 Å². The molecule has 0 bridgehead atoms. The van der Waals surface area contributed by atoms with Crippen molar-refractivity contribution < 1.29 is 18.0 Å². The van der Waals surface area contributed by atoms with E-state index in [2.05, 4.69) is 15.6 Å². The van der Waals surface area contributed by atoms with Gasteiger partial charge in [-0.15, -0.1) is 0 Å². The molecule has 0 aliphatic rings. The Morgan fingerprint density at radius 1 is 1.12 bits per heavy atom. The molecule has 0 aliphatic carbocycles. The lowest BCUT2D eigenvalue weighted by Crippen LogP contribution is -2.33. The van der Waals surface area contributed by atoms with Crippen LogP contribution in [-0.2, 0) is 14.8 Å². The fraction of sp³-hybridized carbons (Fsp3) is 0.0625. The molecule has 0 radical (unpaired) electrons. The van der Waals surface area contributed by atoms with Crippen LogP contribution in [0.3, 0.4) is 0 Å². The molecule has 134 valence electrons. The number of thiazole rings is 1. The minimum atomic E-state index is -3.91. The highest BCUT2D eigenvalue weighted by atomic mass is 32.2. The van der Waals surface area contributed by atoms with E-state index in [4.69, 9.17) is 5.14 Å². The summed E-state index contributed by atoms with van der Waals surface area (Å²) >= 11 is 1.32. The number of primary sulfonamides is 1. The van der Waals surface area contributed by atoms with E-state index in [0.717, 1.165) is 16.3 Å². The predicted octanol–water partition coefficient (Wildman–Crippen LogP) is 1.31. The Morgan fingerprint density at radius 2 is 1.88 bits per heavy atom. The fourth-order valence-corrected chi connectivity index (χ4v) is 3.61. The van der Waals surface area contributed by atoms with E-state index in [1.165, 1.54) is 29.5 Å². The van der Waals surface area contributed by atoms with Gasteiger partial charge in [0.1, 0.15) is 0 Å². The van der Waals surface area contributed by atoms with Gasteiger partial charge in [-0.25, -0.2) is 18.5 Å². The normalized spacial score (nSPS) is 11.3. The maximum Gasteiger partial charge on any atom is 0.251 e. The molecule has 8 nitrogen and oxygen atoms in total. The second-order valence-corrected chi connectivity index (χ2v) is 7.88. The molecule has 1 heterocycles. The average molecular weight is 390 g/mol. The van der Waals surface area contributed by atoms with Crippen molar-refractivity contribution in [2.24, 2.45) is 5.14 Å². The SMILES string of the molecule is NS(=O)(=O)c1cccc(C(=O)NCC(=O)Nc2nc3ccccc3s2)c1. The number of carbonyl (C=O) groups excluding carboxylic acids is 2. The number of para-hydroxylation sites is 1. The quantitative estimate of drug-likeness (QED) is 0.604. The smallest absolute Gasteiger partial charge is 0.251 e. The summed E-state index contributed by atoms with van der Waals surface area (Å²) in [7, 11) is -3.91. The van der Waals surface area contributed by atoms with Crippen LogP contribution in [0, 0.1) is 0 Å². The first kappa shape index (κ1) is 18.0. The van der Waals surface area contributed by atoms with Crippen molar-refractivity contribution in [2.45, 2.75) is 4.90 Å². The van der Waals surface area contributed by atoms with E-state index in [-0.39, 0.29) is 17.0 Å². The molecule has 0 atom stereocenters. The van der Waals surface area contributed by atoms with E-state index < -0.39 is 21.8 Å². The number of benzene rings is 2. The second kappa shape index (κ2) is 7.20. The van der Waals surface area contributed by atoms with Crippen LogP contribution < -0.4 is 15.8 Å². The molecule has 2 amide bonds. The Morgan fingerprint density at radius 3 is 2.62 bits per heavy atom. The number of hydrogen-bond donors (Lipinski definition) is 3. The number of amides is 2. The molecule has 3 aromatic rings. The van der Waals surface area contributed by atoms with E-state index >= 15 is 0 Å². The fourth-order valence-electron chi connectivity index (χ4n) is 2.17. The van der Waals surface area contributed by atoms with Crippen molar-refractivity contribution in [1.82, 2.24) is 10.3 Å². The number of hydrogen-bond acceptors (Lipinski definition) is 6. The zero-order chi connectivity index (χ0) is 18.7. The van der Waals surface area contributed by atoms with Crippen LogP contribution in [-0.4, -0.2) is 31.8 Å². The highest BCUT2D eigenvalue weighted by Crippen LogP contribution is 2.25. The summed E-state index contributed by atoms with van der Waals surface area (Å²) in [5, 5.41) is 10.5. The van der Waals surface area contributed by atoms with Crippen LogP contribution in [0.15, 0.2) is 53.4 Å². The van der Waals surface area contributed by atoms with Gasteiger partial charge in [-0.05, 0) is 30.3 Å². The molecule has 0 unspecified atom stereocenters. The number of nitrogens with two attached hydrogens (primary N) is 1. The van der Waals surface area contributed by atoms with Crippen molar-refractivity contribution in [3.8, 4) is 0 Å². The van der Waals surface area contributed by atoms with Crippen molar-refractivity contribution in [3.63, 3.8) is 0 Å². The first-order valence-corrected chi connectivity index (χ1v) is 9.76. The highest BCUT2D eigenvalue weighted by molar-refractivity contribution is 7.89. The third-order valence-electron chi connectivity index (χ3n) is 3.37. The molecule has 0 spiro atoms. The summed E-state index contributed by atoms with van der Waals surface area (Å²) in [4.78, 5) is 28.2. The van der Waals surface area contributed by atoms with Crippen LogP contribution in [0.4, 0.5) is 5.13 Å². The highest BCUT2D eigenvalue weighted by Gasteiger charge is 2.13. The minimum absolute atomic E-state index is 0.0873. The van der Waals surface area contributed by atoms with Crippen LogP contribution in [0.5, 0.6) is 0 Å². The largest absolute Gasteiger partial charge is 0.343 e. The lowest BCUT2D eigenvalue weighted by Gasteiger charge is -2.06. The van der Waals surface area contributed by atoms with E-state index in [1.54, 1.807) is 0 Å². The summed E-state index contributed by atoms with van der Waals surface area (Å²) in [6.45, 7) is -0.283. The molecule has 4 N–H and O–H groups in total. The van der Waals surface area contributed by atoms with Gasteiger partial charge in [0.2, 0.25) is 15.9 Å². The number of aromatic nitrogens is 1. The summed E-state index contributed by atoms with van der Waals surface area (Å²) in [6.07, 6.45) is 0. The van der Waals surface area contributed by atoms with E-state index in [9.17, 15) is 18.0 Å². The van der Waals surface area contributed by atoms with Crippen LogP contribution in [0.25, 0.3) is 10.2 Å². The number of anilines is 1. The maximum absolute atomic E-state index is 12.1. The van der Waals surface area contributed by atoms with Gasteiger partial charge >= 0.3 is 0 Å². The minimum Gasteiger partial charge on any atom is -0.343 e. The number of sulfonamides is 1.